The molecule has 5 aromatic rings. The Labute approximate surface area is 191 Å². The number of aryl methyl sites for hydroxylation is 1. The Bertz CT molecular complexity index is 1560. The molecule has 0 atom stereocenters. The molecule has 0 aliphatic heterocycles. The first-order valence-corrected chi connectivity index (χ1v) is 11.5. The minimum Gasteiger partial charge on any atom is -0.253 e. The summed E-state index contributed by atoms with van der Waals surface area (Å²) in [5.41, 5.74) is 4.76. The van der Waals surface area contributed by atoms with Crippen molar-refractivity contribution < 1.29 is 4.39 Å². The third kappa shape index (κ3) is 3.34. The maximum atomic E-state index is 14.9. The van der Waals surface area contributed by atoms with Crippen molar-refractivity contribution in [1.29, 1.82) is 5.26 Å². The molecule has 2 aromatic heterocycles. The molecule has 2 nitrogen and oxygen atoms in total. The molecule has 0 radical (unpaired) electrons. The zero-order valence-electron chi connectivity index (χ0n) is 18.6. The number of pyridine rings is 1. The van der Waals surface area contributed by atoms with Crippen molar-refractivity contribution in [2.45, 2.75) is 34.1 Å². The summed E-state index contributed by atoms with van der Waals surface area (Å²) < 4.78 is 17.0. The van der Waals surface area contributed by atoms with Gasteiger partial charge < -0.3 is 0 Å². The molecule has 0 saturated carbocycles. The summed E-state index contributed by atoms with van der Waals surface area (Å²) in [6, 6.07) is 17.6. The number of hydrogen-bond acceptors (Lipinski definition) is 3. The summed E-state index contributed by atoms with van der Waals surface area (Å²) >= 11 is 1.65. The number of hydrogen-bond donors (Lipinski definition) is 0. The van der Waals surface area contributed by atoms with E-state index < -0.39 is 0 Å². The van der Waals surface area contributed by atoms with Crippen LogP contribution in [0.3, 0.4) is 0 Å². The lowest BCUT2D eigenvalue weighted by Crippen LogP contribution is -2.10. The van der Waals surface area contributed by atoms with E-state index in [9.17, 15) is 9.65 Å². The van der Waals surface area contributed by atoms with Gasteiger partial charge in [-0.05, 0) is 47.4 Å². The second kappa shape index (κ2) is 7.39. The summed E-state index contributed by atoms with van der Waals surface area (Å²) in [6.45, 7) is 8.89. The fourth-order valence-electron chi connectivity index (χ4n) is 4.48. The fraction of sp³-hybridized carbons (Fsp3) is 0.214. The van der Waals surface area contributed by atoms with Crippen molar-refractivity contribution in [3.63, 3.8) is 0 Å². The van der Waals surface area contributed by atoms with E-state index in [4.69, 9.17) is 0 Å². The van der Waals surface area contributed by atoms with Crippen LogP contribution in [0, 0.1) is 29.5 Å². The van der Waals surface area contributed by atoms with Gasteiger partial charge in [-0.1, -0.05) is 57.2 Å². The van der Waals surface area contributed by atoms with Gasteiger partial charge in [0.15, 0.2) is 0 Å². The van der Waals surface area contributed by atoms with Crippen LogP contribution in [0.25, 0.3) is 42.2 Å². The predicted molar refractivity (Wildman–Crippen MR) is 133 cm³/mol. The van der Waals surface area contributed by atoms with Gasteiger partial charge in [0.25, 0.3) is 0 Å². The molecule has 32 heavy (non-hydrogen) atoms. The first kappa shape index (κ1) is 20.6. The van der Waals surface area contributed by atoms with Crippen molar-refractivity contribution in [1.82, 2.24) is 4.98 Å². The Hall–Kier alpha value is -3.29. The van der Waals surface area contributed by atoms with E-state index in [1.165, 1.54) is 15.8 Å². The SMILES string of the molecule is Cc1c(CC(C)(C)C)ccc2c1sc1c(-c3cc(F)c4ccccc4c3)ncc(C#N)c12. The summed E-state index contributed by atoms with van der Waals surface area (Å²) in [5.74, 6) is -0.262. The molecule has 0 saturated heterocycles. The molecule has 0 N–H and O–H groups in total. The number of halogens is 1. The van der Waals surface area contributed by atoms with Crippen LogP contribution >= 0.6 is 11.3 Å². The number of nitriles is 1. The minimum absolute atomic E-state index is 0.183. The average molecular weight is 439 g/mol. The Balaban J connectivity index is 1.82. The molecule has 158 valence electrons. The number of fused-ring (bicyclic) bond motifs is 4. The number of aromatic nitrogens is 1. The molecular formula is C28H23FN2S. The average Bonchev–Trinajstić information content (AvgIpc) is 3.15. The summed E-state index contributed by atoms with van der Waals surface area (Å²) in [5, 5.41) is 13.2. The van der Waals surface area contributed by atoms with Crippen LogP contribution in [0.2, 0.25) is 0 Å². The first-order valence-electron chi connectivity index (χ1n) is 10.7. The van der Waals surface area contributed by atoms with E-state index in [0.717, 1.165) is 38.5 Å². The largest absolute Gasteiger partial charge is 0.253 e. The number of benzene rings is 3. The van der Waals surface area contributed by atoms with Gasteiger partial charge in [-0.2, -0.15) is 5.26 Å². The van der Waals surface area contributed by atoms with Crippen molar-refractivity contribution >= 4 is 42.3 Å². The highest BCUT2D eigenvalue weighted by molar-refractivity contribution is 7.26. The highest BCUT2D eigenvalue weighted by atomic mass is 32.1. The molecule has 5 rings (SSSR count). The molecular weight excluding hydrogens is 415 g/mol. The van der Waals surface area contributed by atoms with Gasteiger partial charge in [0.2, 0.25) is 0 Å². The molecule has 0 aliphatic carbocycles. The Kier molecular flexibility index (Phi) is 4.76. The normalized spacial score (nSPS) is 12.0. The molecule has 3 aromatic carbocycles. The van der Waals surface area contributed by atoms with Crippen LogP contribution in [-0.4, -0.2) is 4.98 Å². The maximum Gasteiger partial charge on any atom is 0.131 e. The Morgan fingerprint density at radius 1 is 1.03 bits per heavy atom. The quantitative estimate of drug-likeness (QED) is 0.279. The monoisotopic (exact) mass is 438 g/mol. The molecule has 0 aliphatic rings. The number of nitrogens with zero attached hydrogens (tertiary/aromatic N) is 2. The molecule has 0 bridgehead atoms. The lowest BCUT2D eigenvalue weighted by Gasteiger charge is -2.19. The van der Waals surface area contributed by atoms with E-state index in [-0.39, 0.29) is 11.2 Å². The van der Waals surface area contributed by atoms with Gasteiger partial charge in [0.1, 0.15) is 11.9 Å². The van der Waals surface area contributed by atoms with E-state index in [1.54, 1.807) is 29.7 Å². The zero-order chi connectivity index (χ0) is 22.6. The van der Waals surface area contributed by atoms with Crippen LogP contribution in [0.1, 0.15) is 37.5 Å². The zero-order valence-corrected chi connectivity index (χ0v) is 19.4. The number of thiophene rings is 1. The second-order valence-electron chi connectivity index (χ2n) is 9.58. The number of rotatable bonds is 2. The molecule has 2 heterocycles. The predicted octanol–water partition coefficient (Wildman–Crippen LogP) is 8.18. The van der Waals surface area contributed by atoms with Crippen molar-refractivity contribution in [2.24, 2.45) is 5.41 Å². The fourth-order valence-corrected chi connectivity index (χ4v) is 5.83. The molecule has 0 fully saturated rings. The van der Waals surface area contributed by atoms with Crippen LogP contribution in [-0.2, 0) is 6.42 Å². The molecule has 0 spiro atoms. The van der Waals surface area contributed by atoms with Gasteiger partial charge in [-0.25, -0.2) is 4.39 Å². The Morgan fingerprint density at radius 2 is 1.81 bits per heavy atom. The highest BCUT2D eigenvalue weighted by Crippen LogP contribution is 2.43. The molecule has 0 amide bonds. The molecule has 4 heteroatoms. The van der Waals surface area contributed by atoms with Gasteiger partial charge in [0, 0.05) is 32.6 Å². The van der Waals surface area contributed by atoms with Crippen molar-refractivity contribution in [3.05, 3.63) is 77.2 Å². The lowest BCUT2D eigenvalue weighted by molar-refractivity contribution is 0.410. The standard InChI is InChI=1S/C28H23FN2S/c1-16-18(13-28(2,3)4)9-10-22-24-20(14-30)15-31-25(27(24)32-26(16)22)19-11-17-7-5-6-8-21(17)23(29)12-19/h5-12,15H,13H2,1-4H3. The topological polar surface area (TPSA) is 36.7 Å². The summed E-state index contributed by atoms with van der Waals surface area (Å²) in [4.78, 5) is 4.62. The molecule has 0 unspecified atom stereocenters. The second-order valence-corrected chi connectivity index (χ2v) is 10.6. The van der Waals surface area contributed by atoms with Gasteiger partial charge in [-0.3, -0.25) is 4.98 Å². The van der Waals surface area contributed by atoms with Crippen LogP contribution in [0.15, 0.2) is 54.7 Å². The minimum atomic E-state index is -0.262. The van der Waals surface area contributed by atoms with Gasteiger partial charge in [0.05, 0.1) is 16.0 Å². The Morgan fingerprint density at radius 3 is 2.56 bits per heavy atom. The highest BCUT2D eigenvalue weighted by Gasteiger charge is 2.20. The van der Waals surface area contributed by atoms with E-state index in [2.05, 4.69) is 50.9 Å². The van der Waals surface area contributed by atoms with Crippen LogP contribution < -0.4 is 0 Å². The first-order chi connectivity index (χ1) is 15.3. The third-order valence-corrected chi connectivity index (χ3v) is 7.28. The van der Waals surface area contributed by atoms with Gasteiger partial charge >= 0.3 is 0 Å². The maximum absolute atomic E-state index is 14.9. The smallest absolute Gasteiger partial charge is 0.131 e. The van der Waals surface area contributed by atoms with Crippen molar-refractivity contribution in [2.75, 3.05) is 0 Å². The third-order valence-electron chi connectivity index (χ3n) is 5.95. The summed E-state index contributed by atoms with van der Waals surface area (Å²) in [7, 11) is 0. The van der Waals surface area contributed by atoms with Crippen LogP contribution in [0.5, 0.6) is 0 Å². The van der Waals surface area contributed by atoms with E-state index >= 15 is 0 Å². The lowest BCUT2D eigenvalue weighted by atomic mass is 9.86. The van der Waals surface area contributed by atoms with E-state index in [0.29, 0.717) is 10.9 Å². The van der Waals surface area contributed by atoms with Crippen molar-refractivity contribution in [3.8, 4) is 17.3 Å². The van der Waals surface area contributed by atoms with Crippen LogP contribution in [0.4, 0.5) is 4.39 Å². The van der Waals surface area contributed by atoms with E-state index in [1.807, 2.05) is 24.3 Å². The van der Waals surface area contributed by atoms with Gasteiger partial charge in [-0.15, -0.1) is 11.3 Å². The summed E-state index contributed by atoms with van der Waals surface area (Å²) in [6.07, 6.45) is 2.60.